The Bertz CT molecular complexity index is 1320. The van der Waals surface area contributed by atoms with E-state index in [0.717, 1.165) is 12.1 Å². The first-order valence-electron chi connectivity index (χ1n) is 13.4. The van der Waals surface area contributed by atoms with E-state index in [0.29, 0.717) is 79.5 Å². The number of likely N-dealkylation sites (tertiary alicyclic amines) is 1. The number of aryl methyl sites for hydroxylation is 1. The summed E-state index contributed by atoms with van der Waals surface area (Å²) in [4.78, 5) is 18.3. The number of alkyl halides is 1. The number of aliphatic hydroxyl groups is 1. The Morgan fingerprint density at radius 1 is 1.15 bits per heavy atom. The van der Waals surface area contributed by atoms with E-state index in [1.807, 2.05) is 0 Å². The smallest absolute Gasteiger partial charge is 0.303 e. The van der Waals surface area contributed by atoms with Crippen LogP contribution < -0.4 is 4.74 Å². The van der Waals surface area contributed by atoms with Crippen molar-refractivity contribution in [2.24, 2.45) is 5.41 Å². The Morgan fingerprint density at radius 2 is 1.85 bits per heavy atom. The van der Waals surface area contributed by atoms with E-state index in [-0.39, 0.29) is 18.4 Å². The fraction of sp³-hybridized carbons (Fsp3) is 0.467. The molecule has 0 amide bonds. The first kappa shape index (κ1) is 29.7. The van der Waals surface area contributed by atoms with E-state index < -0.39 is 41.6 Å². The fourth-order valence-corrected chi connectivity index (χ4v) is 5.79. The highest BCUT2D eigenvalue weighted by Gasteiger charge is 2.37. The molecule has 1 aromatic heterocycles. The lowest BCUT2D eigenvalue weighted by Gasteiger charge is -2.41. The molecule has 2 heterocycles. The minimum Gasteiger partial charge on any atom is -0.497 e. The van der Waals surface area contributed by atoms with E-state index in [2.05, 4.69) is 9.88 Å². The van der Waals surface area contributed by atoms with Crippen molar-refractivity contribution in [2.75, 3.05) is 26.7 Å². The monoisotopic (exact) mass is 562 g/mol. The SMILES string of the molecule is COc1ccc2ncc(CF)c(C(O)CCC3(CC(=O)O)CCN(CCCc4cc(F)c(F)c(F)c4)CC3)c2c1. The maximum atomic E-state index is 13.9. The third-order valence-electron chi connectivity index (χ3n) is 8.05. The minimum absolute atomic E-state index is 0.0391. The third-order valence-corrected chi connectivity index (χ3v) is 8.05. The maximum Gasteiger partial charge on any atom is 0.303 e. The molecule has 1 fully saturated rings. The number of halogens is 4. The number of aliphatic hydroxyl groups excluding tert-OH is 1. The van der Waals surface area contributed by atoms with Crippen LogP contribution in [0.15, 0.2) is 36.5 Å². The molecule has 4 rings (SSSR count). The summed E-state index contributed by atoms with van der Waals surface area (Å²) in [5.41, 5.74) is 1.20. The van der Waals surface area contributed by atoms with Crippen LogP contribution in [0, 0.1) is 22.9 Å². The average Bonchev–Trinajstić information content (AvgIpc) is 2.94. The van der Waals surface area contributed by atoms with Crippen molar-refractivity contribution in [1.29, 1.82) is 0 Å². The lowest BCUT2D eigenvalue weighted by Crippen LogP contribution is -2.41. The van der Waals surface area contributed by atoms with E-state index in [1.54, 1.807) is 18.2 Å². The predicted molar refractivity (Wildman–Crippen MR) is 142 cm³/mol. The molecule has 3 aromatic rings. The van der Waals surface area contributed by atoms with Crippen LogP contribution in [0.4, 0.5) is 17.6 Å². The fourth-order valence-electron chi connectivity index (χ4n) is 5.79. The lowest BCUT2D eigenvalue weighted by atomic mass is 9.71. The zero-order valence-electron chi connectivity index (χ0n) is 22.4. The van der Waals surface area contributed by atoms with E-state index in [9.17, 15) is 32.6 Å². The van der Waals surface area contributed by atoms with Gasteiger partial charge in [-0.15, -0.1) is 0 Å². The van der Waals surface area contributed by atoms with Crippen LogP contribution in [-0.4, -0.2) is 52.8 Å². The van der Waals surface area contributed by atoms with E-state index in [4.69, 9.17) is 4.74 Å². The van der Waals surface area contributed by atoms with Crippen molar-refractivity contribution in [2.45, 2.75) is 57.7 Å². The second kappa shape index (κ2) is 13.0. The van der Waals surface area contributed by atoms with Crippen molar-refractivity contribution >= 4 is 16.9 Å². The van der Waals surface area contributed by atoms with Crippen molar-refractivity contribution in [3.63, 3.8) is 0 Å². The normalized spacial score (nSPS) is 16.2. The number of hydrogen-bond acceptors (Lipinski definition) is 5. The maximum absolute atomic E-state index is 13.9. The summed E-state index contributed by atoms with van der Waals surface area (Å²) in [6.07, 6.45) is 3.29. The molecule has 1 aliphatic rings. The number of ether oxygens (including phenoxy) is 1. The number of carboxylic acids is 1. The molecule has 0 spiro atoms. The second-order valence-electron chi connectivity index (χ2n) is 10.7. The number of benzene rings is 2. The zero-order chi connectivity index (χ0) is 28.9. The highest BCUT2D eigenvalue weighted by atomic mass is 19.2. The van der Waals surface area contributed by atoms with Crippen LogP contribution in [0.1, 0.15) is 61.3 Å². The van der Waals surface area contributed by atoms with Gasteiger partial charge in [-0.1, -0.05) is 0 Å². The number of rotatable bonds is 12. The number of carboxylic acid groups (broad SMARTS) is 1. The van der Waals surface area contributed by atoms with Crippen molar-refractivity contribution in [1.82, 2.24) is 9.88 Å². The molecule has 0 saturated carbocycles. The molecular formula is C30H34F4N2O4. The highest BCUT2D eigenvalue weighted by Crippen LogP contribution is 2.42. The second-order valence-corrected chi connectivity index (χ2v) is 10.7. The molecule has 0 radical (unpaired) electrons. The van der Waals surface area contributed by atoms with Gasteiger partial charge >= 0.3 is 5.97 Å². The lowest BCUT2D eigenvalue weighted by molar-refractivity contribution is -0.141. The quantitative estimate of drug-likeness (QED) is 0.204. The van der Waals surface area contributed by atoms with E-state index >= 15 is 0 Å². The molecule has 0 bridgehead atoms. The number of pyridine rings is 1. The molecule has 216 valence electrons. The number of carbonyl (C=O) groups is 1. The van der Waals surface area contributed by atoms with Gasteiger partial charge in [0.1, 0.15) is 12.4 Å². The van der Waals surface area contributed by atoms with Gasteiger partial charge in [-0.05, 0) is 105 Å². The van der Waals surface area contributed by atoms with Gasteiger partial charge in [0.25, 0.3) is 0 Å². The van der Waals surface area contributed by atoms with E-state index in [1.165, 1.54) is 13.3 Å². The van der Waals surface area contributed by atoms with Crippen LogP contribution in [0.2, 0.25) is 0 Å². The first-order valence-corrected chi connectivity index (χ1v) is 13.4. The molecule has 10 heteroatoms. The summed E-state index contributed by atoms with van der Waals surface area (Å²) in [5, 5.41) is 21.5. The first-order chi connectivity index (χ1) is 19.1. The minimum atomic E-state index is -1.47. The molecule has 1 aliphatic heterocycles. The standard InChI is InChI=1S/C30H34F4N2O4/c1-40-21-4-5-25-22(15-21)28(20(17-31)18-35-25)26(37)6-7-30(16-27(38)39)8-11-36(12-9-30)10-2-3-19-13-23(32)29(34)24(33)14-19/h4-5,13-15,18,26,37H,2-3,6-12,16-17H2,1H3,(H,38,39). The van der Waals surface area contributed by atoms with Gasteiger partial charge < -0.3 is 19.8 Å². The number of aliphatic carboxylic acids is 1. The predicted octanol–water partition coefficient (Wildman–Crippen LogP) is 6.13. The summed E-state index contributed by atoms with van der Waals surface area (Å²) in [5.74, 6) is -4.23. The Kier molecular flexibility index (Phi) is 9.63. The number of aromatic nitrogens is 1. The number of hydrogen-bond donors (Lipinski definition) is 2. The number of nitrogens with zero attached hydrogens (tertiary/aromatic N) is 2. The van der Waals surface area contributed by atoms with Crippen LogP contribution in [0.25, 0.3) is 10.9 Å². The average molecular weight is 563 g/mol. The summed E-state index contributed by atoms with van der Waals surface area (Å²) < 4.78 is 59.4. The van der Waals surface area contributed by atoms with Crippen LogP contribution in [0.3, 0.4) is 0 Å². The largest absolute Gasteiger partial charge is 0.497 e. The van der Waals surface area contributed by atoms with Crippen molar-refractivity contribution in [3.8, 4) is 5.75 Å². The molecule has 1 saturated heterocycles. The summed E-state index contributed by atoms with van der Waals surface area (Å²) in [6.45, 7) is 1.14. The molecule has 1 unspecified atom stereocenters. The zero-order valence-corrected chi connectivity index (χ0v) is 22.4. The molecular weight excluding hydrogens is 528 g/mol. The van der Waals surface area contributed by atoms with Crippen LogP contribution in [-0.2, 0) is 17.9 Å². The van der Waals surface area contributed by atoms with Crippen molar-refractivity contribution in [3.05, 3.63) is 70.7 Å². The highest BCUT2D eigenvalue weighted by molar-refractivity contribution is 5.85. The molecule has 1 atom stereocenters. The number of fused-ring (bicyclic) bond motifs is 1. The molecule has 2 N–H and O–H groups in total. The third kappa shape index (κ3) is 6.90. The Morgan fingerprint density at radius 3 is 2.48 bits per heavy atom. The Balaban J connectivity index is 1.40. The van der Waals surface area contributed by atoms with Gasteiger partial charge in [0.2, 0.25) is 0 Å². The van der Waals surface area contributed by atoms with Crippen LogP contribution >= 0.6 is 0 Å². The van der Waals surface area contributed by atoms with Gasteiger partial charge in [-0.3, -0.25) is 9.78 Å². The van der Waals surface area contributed by atoms with Gasteiger partial charge in [0.05, 0.1) is 25.2 Å². The topological polar surface area (TPSA) is 82.9 Å². The Labute approximate surface area is 230 Å². The van der Waals surface area contributed by atoms with Gasteiger partial charge in [-0.25, -0.2) is 17.6 Å². The molecule has 2 aromatic carbocycles. The van der Waals surface area contributed by atoms with Gasteiger partial charge in [-0.2, -0.15) is 0 Å². The van der Waals surface area contributed by atoms with Crippen molar-refractivity contribution < 1.29 is 37.3 Å². The van der Waals surface area contributed by atoms with Gasteiger partial charge in [0.15, 0.2) is 17.5 Å². The number of piperidine rings is 1. The molecule has 40 heavy (non-hydrogen) atoms. The summed E-state index contributed by atoms with van der Waals surface area (Å²) >= 11 is 0. The Hall–Kier alpha value is -3.24. The summed E-state index contributed by atoms with van der Waals surface area (Å²) in [6, 6.07) is 7.23. The van der Waals surface area contributed by atoms with Gasteiger partial charge in [0, 0.05) is 17.1 Å². The number of methoxy groups -OCH3 is 1. The molecule has 0 aliphatic carbocycles. The van der Waals surface area contributed by atoms with Crippen LogP contribution in [0.5, 0.6) is 5.75 Å². The summed E-state index contributed by atoms with van der Waals surface area (Å²) in [7, 11) is 1.52. The molecule has 6 nitrogen and oxygen atoms in total.